The Balaban J connectivity index is 1.53. The van der Waals surface area contributed by atoms with E-state index in [1.807, 2.05) is 66.7 Å². The van der Waals surface area contributed by atoms with Gasteiger partial charge in [-0.1, -0.05) is 56.3 Å². The smallest absolute Gasteiger partial charge is 0.267 e. The van der Waals surface area contributed by atoms with Crippen molar-refractivity contribution in [1.29, 1.82) is 0 Å². The first-order chi connectivity index (χ1) is 18.0. The molecule has 1 aromatic heterocycles. The highest BCUT2D eigenvalue weighted by molar-refractivity contribution is 8.18. The summed E-state index contributed by atoms with van der Waals surface area (Å²) in [6.45, 7) is 5.05. The van der Waals surface area contributed by atoms with E-state index in [2.05, 4.69) is 24.1 Å². The van der Waals surface area contributed by atoms with Crippen LogP contribution in [0.4, 0.5) is 0 Å². The SMILES string of the molecule is COc1cc(/C=N\N=C2\S/C(=C\C=C\c3ccccc3)C(=O)N2Cc2ccco2)ccc1OCC(C)C. The molecule has 0 bridgehead atoms. The lowest BCUT2D eigenvalue weighted by Gasteiger charge is -2.13. The topological polar surface area (TPSA) is 76.6 Å². The van der Waals surface area contributed by atoms with E-state index >= 15 is 0 Å². The van der Waals surface area contributed by atoms with Gasteiger partial charge < -0.3 is 13.9 Å². The summed E-state index contributed by atoms with van der Waals surface area (Å²) in [5.74, 6) is 2.22. The molecule has 0 radical (unpaired) electrons. The summed E-state index contributed by atoms with van der Waals surface area (Å²) in [5.41, 5.74) is 1.85. The molecule has 0 atom stereocenters. The minimum Gasteiger partial charge on any atom is -0.493 e. The Morgan fingerprint density at radius 1 is 1.05 bits per heavy atom. The Kier molecular flexibility index (Phi) is 8.99. The number of methoxy groups -OCH3 is 1. The first kappa shape index (κ1) is 26.0. The van der Waals surface area contributed by atoms with Gasteiger partial charge in [-0.15, -0.1) is 5.10 Å². The Morgan fingerprint density at radius 2 is 1.89 bits per heavy atom. The van der Waals surface area contributed by atoms with Crippen LogP contribution in [0.5, 0.6) is 11.5 Å². The van der Waals surface area contributed by atoms with Gasteiger partial charge >= 0.3 is 0 Å². The summed E-state index contributed by atoms with van der Waals surface area (Å²) in [4.78, 5) is 15.3. The van der Waals surface area contributed by atoms with Crippen molar-refractivity contribution in [3.05, 3.63) is 101 Å². The Bertz CT molecular complexity index is 1310. The van der Waals surface area contributed by atoms with E-state index in [1.165, 1.54) is 11.8 Å². The molecule has 190 valence electrons. The van der Waals surface area contributed by atoms with Crippen molar-refractivity contribution >= 4 is 35.1 Å². The molecule has 0 unspecified atom stereocenters. The summed E-state index contributed by atoms with van der Waals surface area (Å²) >= 11 is 1.27. The van der Waals surface area contributed by atoms with Crippen LogP contribution in [0.2, 0.25) is 0 Å². The van der Waals surface area contributed by atoms with E-state index in [-0.39, 0.29) is 12.5 Å². The normalized spacial score (nSPS) is 16.2. The van der Waals surface area contributed by atoms with E-state index in [9.17, 15) is 4.79 Å². The number of ether oxygens (including phenoxy) is 2. The number of benzene rings is 2. The fourth-order valence-electron chi connectivity index (χ4n) is 3.39. The molecule has 0 spiro atoms. The van der Waals surface area contributed by atoms with Crippen molar-refractivity contribution in [1.82, 2.24) is 4.90 Å². The molecular weight excluding hydrogens is 486 g/mol. The maximum absolute atomic E-state index is 13.1. The Hall–Kier alpha value is -4.04. The van der Waals surface area contributed by atoms with Crippen molar-refractivity contribution in [3.8, 4) is 11.5 Å². The third kappa shape index (κ3) is 7.24. The summed E-state index contributed by atoms with van der Waals surface area (Å²) in [6.07, 6.45) is 8.81. The second-order valence-electron chi connectivity index (χ2n) is 8.62. The van der Waals surface area contributed by atoms with Gasteiger partial charge in [0.1, 0.15) is 5.76 Å². The van der Waals surface area contributed by atoms with Gasteiger partial charge in [0.25, 0.3) is 5.91 Å². The van der Waals surface area contributed by atoms with Crippen molar-refractivity contribution < 1.29 is 18.7 Å². The van der Waals surface area contributed by atoms with E-state index in [4.69, 9.17) is 13.9 Å². The van der Waals surface area contributed by atoms with Crippen molar-refractivity contribution in [3.63, 3.8) is 0 Å². The molecule has 2 heterocycles. The van der Waals surface area contributed by atoms with Gasteiger partial charge in [0.15, 0.2) is 16.7 Å². The number of nitrogens with zero attached hydrogens (tertiary/aromatic N) is 3. The lowest BCUT2D eigenvalue weighted by Crippen LogP contribution is -2.28. The van der Waals surface area contributed by atoms with Crippen LogP contribution < -0.4 is 9.47 Å². The molecule has 0 aliphatic carbocycles. The standard InChI is InChI=1S/C29H29N3O4S/c1-21(2)20-36-25-15-14-23(17-26(25)34-3)18-30-31-29-32(19-24-12-8-16-35-24)28(33)27(37-29)13-7-11-22-9-5-4-6-10-22/h4-18,21H,19-20H2,1-3H3/b11-7+,27-13-,30-18-,31-29+. The molecule has 1 saturated heterocycles. The molecule has 1 fully saturated rings. The second-order valence-corrected chi connectivity index (χ2v) is 9.62. The number of amides is 1. The Labute approximate surface area is 221 Å². The summed E-state index contributed by atoms with van der Waals surface area (Å²) in [7, 11) is 1.60. The van der Waals surface area contributed by atoms with Gasteiger partial charge in [0, 0.05) is 0 Å². The predicted molar refractivity (Wildman–Crippen MR) is 149 cm³/mol. The number of furan rings is 1. The number of thioether (sulfide) groups is 1. The summed E-state index contributed by atoms with van der Waals surface area (Å²) < 4.78 is 16.7. The average molecular weight is 516 g/mol. The van der Waals surface area contributed by atoms with Crippen molar-refractivity contribution in [2.75, 3.05) is 13.7 Å². The van der Waals surface area contributed by atoms with Crippen molar-refractivity contribution in [2.24, 2.45) is 16.1 Å². The van der Waals surface area contributed by atoms with Crippen LogP contribution in [0.1, 0.15) is 30.7 Å². The monoisotopic (exact) mass is 515 g/mol. The van der Waals surface area contributed by atoms with Crippen LogP contribution in [-0.4, -0.2) is 35.9 Å². The number of allylic oxidation sites excluding steroid dienone is 2. The van der Waals surface area contributed by atoms with Gasteiger partial charge in [0.05, 0.1) is 37.6 Å². The number of carbonyl (C=O) groups is 1. The number of amidine groups is 1. The minimum absolute atomic E-state index is 0.151. The zero-order valence-corrected chi connectivity index (χ0v) is 21.9. The molecule has 1 aliphatic heterocycles. The number of hydrogen-bond donors (Lipinski definition) is 0. The molecule has 37 heavy (non-hydrogen) atoms. The molecule has 4 rings (SSSR count). The van der Waals surface area contributed by atoms with Gasteiger partial charge in [-0.25, -0.2) is 0 Å². The van der Waals surface area contributed by atoms with E-state index in [1.54, 1.807) is 36.6 Å². The van der Waals surface area contributed by atoms with E-state index < -0.39 is 0 Å². The van der Waals surface area contributed by atoms with Gasteiger partial charge in [-0.05, 0) is 65.2 Å². The lowest BCUT2D eigenvalue weighted by molar-refractivity contribution is -0.122. The molecular formula is C29H29N3O4S. The van der Waals surface area contributed by atoms with Gasteiger partial charge in [0.2, 0.25) is 0 Å². The molecule has 0 N–H and O–H groups in total. The number of carbonyl (C=O) groups excluding carboxylic acids is 1. The largest absolute Gasteiger partial charge is 0.493 e. The summed E-state index contributed by atoms with van der Waals surface area (Å²) in [6, 6.07) is 19.1. The first-order valence-electron chi connectivity index (χ1n) is 11.9. The lowest BCUT2D eigenvalue weighted by atomic mass is 10.2. The number of hydrogen-bond acceptors (Lipinski definition) is 7. The fraction of sp³-hybridized carbons (Fsp3) is 0.207. The molecule has 0 saturated carbocycles. The average Bonchev–Trinajstić information content (AvgIpc) is 3.52. The second kappa shape index (κ2) is 12.8. The predicted octanol–water partition coefficient (Wildman–Crippen LogP) is 6.39. The van der Waals surface area contributed by atoms with Crippen LogP contribution in [-0.2, 0) is 11.3 Å². The van der Waals surface area contributed by atoms with E-state index in [0.717, 1.165) is 11.1 Å². The van der Waals surface area contributed by atoms with Crippen molar-refractivity contribution in [2.45, 2.75) is 20.4 Å². The third-order valence-electron chi connectivity index (χ3n) is 5.23. The molecule has 3 aromatic rings. The fourth-order valence-corrected chi connectivity index (χ4v) is 4.28. The first-order valence-corrected chi connectivity index (χ1v) is 12.7. The highest BCUT2D eigenvalue weighted by Crippen LogP contribution is 2.33. The van der Waals surface area contributed by atoms with Crippen LogP contribution in [0.15, 0.2) is 98.6 Å². The third-order valence-corrected chi connectivity index (χ3v) is 6.24. The molecule has 1 amide bonds. The maximum atomic E-state index is 13.1. The van der Waals surface area contributed by atoms with Crippen LogP contribution in [0.3, 0.4) is 0 Å². The molecule has 8 heteroatoms. The van der Waals surface area contributed by atoms with Gasteiger partial charge in [-0.3, -0.25) is 9.69 Å². The maximum Gasteiger partial charge on any atom is 0.267 e. The minimum atomic E-state index is -0.151. The molecule has 7 nitrogen and oxygen atoms in total. The van der Waals surface area contributed by atoms with Crippen LogP contribution in [0, 0.1) is 5.92 Å². The highest BCUT2D eigenvalue weighted by Gasteiger charge is 2.33. The quantitative estimate of drug-likeness (QED) is 0.178. The van der Waals surface area contributed by atoms with Crippen LogP contribution >= 0.6 is 11.8 Å². The molecule has 2 aromatic carbocycles. The zero-order chi connectivity index (χ0) is 26.0. The molecule has 1 aliphatic rings. The Morgan fingerprint density at radius 3 is 2.62 bits per heavy atom. The highest BCUT2D eigenvalue weighted by atomic mass is 32.2. The van der Waals surface area contributed by atoms with E-state index in [0.29, 0.717) is 39.9 Å². The van der Waals surface area contributed by atoms with Gasteiger partial charge in [-0.2, -0.15) is 5.10 Å². The summed E-state index contributed by atoms with van der Waals surface area (Å²) in [5, 5.41) is 9.09. The zero-order valence-electron chi connectivity index (χ0n) is 21.0. The number of rotatable bonds is 10. The van der Waals surface area contributed by atoms with Crippen LogP contribution in [0.25, 0.3) is 6.08 Å².